The van der Waals surface area contributed by atoms with Crippen molar-refractivity contribution >= 4 is 40.9 Å². The van der Waals surface area contributed by atoms with Crippen molar-refractivity contribution < 1.29 is 4.79 Å². The number of allylic oxidation sites excluding steroid dienone is 1. The lowest BCUT2D eigenvalue weighted by Gasteiger charge is -2.19. The largest absolute Gasteiger partial charge is 0.366 e. The molecule has 1 saturated carbocycles. The lowest BCUT2D eigenvalue weighted by atomic mass is 10.1. The molecule has 2 aromatic heterocycles. The normalized spacial score (nSPS) is 17.8. The molecule has 0 bridgehead atoms. The highest BCUT2D eigenvalue weighted by molar-refractivity contribution is 6.30. The molecule has 33 heavy (non-hydrogen) atoms. The fourth-order valence-corrected chi connectivity index (χ4v) is 4.04. The highest BCUT2D eigenvalue weighted by Crippen LogP contribution is 2.33. The molecule has 2 fully saturated rings. The zero-order chi connectivity index (χ0) is 23.1. The van der Waals surface area contributed by atoms with Gasteiger partial charge in [0.2, 0.25) is 5.91 Å². The number of fused-ring (bicyclic) bond motifs is 1. The second-order valence-corrected chi connectivity index (χ2v) is 8.78. The standard InChI is InChI=1S/C24H22ClN7O/c1-13(15-4-3-5-18(25)9-15)29-22-20(11-26)24(30-19-6-7-19)32-23(31-22)17(12-27-32)8-16-10-21(33)28-14(16)2/h3-5,8-9,12-13,19,30H,2,6-7,10H2,1H3,(H,28,33)(H,29,31)/b16-8+/t13-/m0/s1. The van der Waals surface area contributed by atoms with E-state index in [1.165, 1.54) is 0 Å². The maximum absolute atomic E-state index is 11.7. The summed E-state index contributed by atoms with van der Waals surface area (Å²) in [5, 5.41) is 24.7. The minimum atomic E-state index is -0.138. The highest BCUT2D eigenvalue weighted by Gasteiger charge is 2.27. The number of nitriles is 1. The third-order valence-corrected chi connectivity index (χ3v) is 6.00. The van der Waals surface area contributed by atoms with Crippen LogP contribution < -0.4 is 16.0 Å². The van der Waals surface area contributed by atoms with Crippen LogP contribution >= 0.6 is 11.6 Å². The smallest absolute Gasteiger partial charge is 0.228 e. The monoisotopic (exact) mass is 459 g/mol. The van der Waals surface area contributed by atoms with Crippen LogP contribution in [-0.2, 0) is 4.79 Å². The van der Waals surface area contributed by atoms with E-state index in [1.807, 2.05) is 37.3 Å². The second-order valence-electron chi connectivity index (χ2n) is 8.34. The fourth-order valence-electron chi connectivity index (χ4n) is 3.84. The first-order valence-electron chi connectivity index (χ1n) is 10.7. The number of benzene rings is 1. The molecule has 1 saturated heterocycles. The van der Waals surface area contributed by atoms with Crippen molar-refractivity contribution in [2.75, 3.05) is 10.6 Å². The quantitative estimate of drug-likeness (QED) is 0.503. The van der Waals surface area contributed by atoms with E-state index >= 15 is 0 Å². The molecular formula is C24H22ClN7O. The Morgan fingerprint density at radius 3 is 2.91 bits per heavy atom. The van der Waals surface area contributed by atoms with Crippen molar-refractivity contribution in [3.05, 3.63) is 70.0 Å². The molecule has 9 heteroatoms. The van der Waals surface area contributed by atoms with Gasteiger partial charge in [-0.2, -0.15) is 14.9 Å². The fraction of sp³-hybridized carbons (Fsp3) is 0.250. The summed E-state index contributed by atoms with van der Waals surface area (Å²) in [6.45, 7) is 5.90. The summed E-state index contributed by atoms with van der Waals surface area (Å²) >= 11 is 6.17. The van der Waals surface area contributed by atoms with Gasteiger partial charge in [0.25, 0.3) is 0 Å². The van der Waals surface area contributed by atoms with Crippen LogP contribution in [0.4, 0.5) is 11.6 Å². The molecule has 166 valence electrons. The topological polar surface area (TPSA) is 107 Å². The summed E-state index contributed by atoms with van der Waals surface area (Å²) in [4.78, 5) is 16.5. The molecule has 5 rings (SSSR count). The number of hydrogen-bond donors (Lipinski definition) is 3. The molecule has 1 aromatic carbocycles. The summed E-state index contributed by atoms with van der Waals surface area (Å²) < 4.78 is 1.66. The molecule has 2 aliphatic rings. The molecule has 0 spiro atoms. The van der Waals surface area contributed by atoms with Crippen LogP contribution in [0.15, 0.2) is 48.3 Å². The minimum Gasteiger partial charge on any atom is -0.366 e. The van der Waals surface area contributed by atoms with E-state index in [1.54, 1.807) is 10.7 Å². The van der Waals surface area contributed by atoms with Crippen LogP contribution in [0.2, 0.25) is 5.02 Å². The predicted molar refractivity (Wildman–Crippen MR) is 128 cm³/mol. The third kappa shape index (κ3) is 4.15. The molecule has 1 aliphatic heterocycles. The summed E-state index contributed by atoms with van der Waals surface area (Å²) in [5.74, 6) is 0.978. The number of hydrogen-bond acceptors (Lipinski definition) is 6. The molecule has 3 N–H and O–H groups in total. The maximum atomic E-state index is 11.7. The van der Waals surface area contributed by atoms with Crippen molar-refractivity contribution in [1.29, 1.82) is 5.26 Å². The third-order valence-electron chi connectivity index (χ3n) is 5.76. The van der Waals surface area contributed by atoms with Gasteiger partial charge in [0.05, 0.1) is 18.7 Å². The zero-order valence-electron chi connectivity index (χ0n) is 18.0. The van der Waals surface area contributed by atoms with Gasteiger partial charge in [-0.1, -0.05) is 30.3 Å². The maximum Gasteiger partial charge on any atom is 0.228 e. The van der Waals surface area contributed by atoms with Gasteiger partial charge >= 0.3 is 0 Å². The average molecular weight is 460 g/mol. The number of carbonyl (C=O) groups excluding carboxylic acids is 1. The molecule has 0 radical (unpaired) electrons. The van der Waals surface area contributed by atoms with E-state index in [0.29, 0.717) is 39.6 Å². The lowest BCUT2D eigenvalue weighted by molar-refractivity contribution is -0.118. The number of carbonyl (C=O) groups is 1. The minimum absolute atomic E-state index is 0.0868. The lowest BCUT2D eigenvalue weighted by Crippen LogP contribution is -2.15. The Labute approximate surface area is 196 Å². The Hall–Kier alpha value is -3.83. The van der Waals surface area contributed by atoms with E-state index in [-0.39, 0.29) is 18.4 Å². The van der Waals surface area contributed by atoms with E-state index in [2.05, 4.69) is 33.7 Å². The van der Waals surface area contributed by atoms with E-state index in [9.17, 15) is 10.1 Å². The van der Waals surface area contributed by atoms with Gasteiger partial charge in [-0.25, -0.2) is 4.98 Å². The zero-order valence-corrected chi connectivity index (χ0v) is 18.8. The van der Waals surface area contributed by atoms with Gasteiger partial charge in [-0.15, -0.1) is 0 Å². The van der Waals surface area contributed by atoms with Crippen LogP contribution in [0.25, 0.3) is 11.7 Å². The van der Waals surface area contributed by atoms with Crippen LogP contribution in [-0.4, -0.2) is 26.5 Å². The number of halogens is 1. The van der Waals surface area contributed by atoms with Crippen LogP contribution in [0, 0.1) is 11.3 Å². The van der Waals surface area contributed by atoms with Crippen molar-refractivity contribution in [2.24, 2.45) is 0 Å². The Morgan fingerprint density at radius 1 is 1.42 bits per heavy atom. The first-order chi connectivity index (χ1) is 15.9. The first kappa shape index (κ1) is 21.0. The Balaban J connectivity index is 1.61. The molecule has 1 aliphatic carbocycles. The summed E-state index contributed by atoms with van der Waals surface area (Å²) in [6, 6.07) is 10.0. The molecule has 8 nitrogen and oxygen atoms in total. The van der Waals surface area contributed by atoms with Crippen LogP contribution in [0.1, 0.15) is 48.9 Å². The number of rotatable bonds is 6. The van der Waals surface area contributed by atoms with Crippen molar-refractivity contribution in [2.45, 2.75) is 38.3 Å². The summed E-state index contributed by atoms with van der Waals surface area (Å²) in [7, 11) is 0. The number of aromatic nitrogens is 3. The number of nitrogens with zero attached hydrogens (tertiary/aromatic N) is 4. The number of amides is 1. The summed E-state index contributed by atoms with van der Waals surface area (Å²) in [6.07, 6.45) is 5.91. The number of nitrogens with one attached hydrogen (secondary N) is 3. The average Bonchev–Trinajstić information content (AvgIpc) is 3.43. The molecule has 3 aromatic rings. The molecule has 1 atom stereocenters. The Bertz CT molecular complexity index is 1360. The van der Waals surface area contributed by atoms with Gasteiger partial charge in [0.15, 0.2) is 17.3 Å². The van der Waals surface area contributed by atoms with Crippen molar-refractivity contribution in [3.8, 4) is 6.07 Å². The molecule has 1 amide bonds. The van der Waals surface area contributed by atoms with E-state index in [4.69, 9.17) is 16.6 Å². The van der Waals surface area contributed by atoms with Crippen LogP contribution in [0.3, 0.4) is 0 Å². The van der Waals surface area contributed by atoms with Gasteiger partial charge in [-0.05, 0) is 49.1 Å². The van der Waals surface area contributed by atoms with Gasteiger partial charge in [-0.3, -0.25) is 4.79 Å². The predicted octanol–water partition coefficient (Wildman–Crippen LogP) is 4.42. The SMILES string of the molecule is C=C1NC(=O)C/C1=C\c1cnn2c(NC3CC3)c(C#N)c(N[C@@H](C)c3cccc(Cl)c3)nc12. The van der Waals surface area contributed by atoms with Gasteiger partial charge in [0.1, 0.15) is 11.6 Å². The van der Waals surface area contributed by atoms with E-state index in [0.717, 1.165) is 29.5 Å². The van der Waals surface area contributed by atoms with Gasteiger partial charge < -0.3 is 16.0 Å². The van der Waals surface area contributed by atoms with Gasteiger partial charge in [0, 0.05) is 22.3 Å². The van der Waals surface area contributed by atoms with Crippen molar-refractivity contribution in [3.63, 3.8) is 0 Å². The Morgan fingerprint density at radius 2 is 2.24 bits per heavy atom. The number of anilines is 2. The second kappa shape index (κ2) is 8.26. The summed E-state index contributed by atoms with van der Waals surface area (Å²) in [5.41, 5.74) is 4.07. The highest BCUT2D eigenvalue weighted by atomic mass is 35.5. The molecular weight excluding hydrogens is 438 g/mol. The Kier molecular flexibility index (Phi) is 5.27. The van der Waals surface area contributed by atoms with Crippen LogP contribution in [0.5, 0.6) is 0 Å². The van der Waals surface area contributed by atoms with Crippen molar-refractivity contribution in [1.82, 2.24) is 19.9 Å². The molecule has 3 heterocycles. The van der Waals surface area contributed by atoms with E-state index < -0.39 is 0 Å². The first-order valence-corrected chi connectivity index (χ1v) is 11.1. The molecule has 0 unspecified atom stereocenters.